The van der Waals surface area contributed by atoms with Crippen molar-refractivity contribution in [3.8, 4) is 11.8 Å². The van der Waals surface area contributed by atoms with Gasteiger partial charge in [0.05, 0.1) is 12.5 Å². The highest BCUT2D eigenvalue weighted by atomic mass is 16.5. The Kier molecular flexibility index (Phi) is 5.27. The smallest absolute Gasteiger partial charge is 0.262 e. The molecular weight excluding hydrogens is 280 g/mol. The molecule has 0 heterocycles. The number of benzene rings is 2. The molecule has 5 nitrogen and oxygen atoms in total. The van der Waals surface area contributed by atoms with Crippen LogP contribution in [0.3, 0.4) is 0 Å². The van der Waals surface area contributed by atoms with Gasteiger partial charge in [-0.1, -0.05) is 12.1 Å². The highest BCUT2D eigenvalue weighted by molar-refractivity contribution is 5.91. The average molecular weight is 294 g/mol. The van der Waals surface area contributed by atoms with Gasteiger partial charge in [-0.05, 0) is 42.0 Å². The fourth-order valence-corrected chi connectivity index (χ4v) is 1.79. The van der Waals surface area contributed by atoms with E-state index in [4.69, 9.17) is 10.00 Å². The van der Waals surface area contributed by atoms with E-state index in [0.717, 1.165) is 11.8 Å². The first-order valence-corrected chi connectivity index (χ1v) is 6.65. The van der Waals surface area contributed by atoms with Crippen LogP contribution in [0.15, 0.2) is 48.5 Å². The maximum atomic E-state index is 11.8. The zero-order valence-corrected chi connectivity index (χ0v) is 11.8. The van der Waals surface area contributed by atoms with Crippen molar-refractivity contribution in [2.75, 3.05) is 11.9 Å². The van der Waals surface area contributed by atoms with E-state index in [9.17, 15) is 9.59 Å². The first-order chi connectivity index (χ1) is 10.7. The summed E-state index contributed by atoms with van der Waals surface area (Å²) < 4.78 is 5.33. The van der Waals surface area contributed by atoms with Crippen LogP contribution in [-0.2, 0) is 11.2 Å². The predicted octanol–water partition coefficient (Wildman–Crippen LogP) is 2.58. The second-order valence-corrected chi connectivity index (χ2v) is 4.56. The molecule has 0 atom stereocenters. The van der Waals surface area contributed by atoms with Crippen molar-refractivity contribution in [3.05, 3.63) is 59.7 Å². The highest BCUT2D eigenvalue weighted by Crippen LogP contribution is 2.12. The minimum atomic E-state index is -0.285. The normalized spacial score (nSPS) is 9.59. The number of nitrogens with zero attached hydrogens (tertiary/aromatic N) is 1. The van der Waals surface area contributed by atoms with E-state index in [1.807, 2.05) is 0 Å². The monoisotopic (exact) mass is 294 g/mol. The van der Waals surface area contributed by atoms with E-state index in [1.165, 1.54) is 0 Å². The minimum absolute atomic E-state index is 0.125. The van der Waals surface area contributed by atoms with E-state index in [2.05, 4.69) is 11.4 Å². The zero-order valence-electron chi connectivity index (χ0n) is 11.8. The molecule has 1 N–H and O–H groups in total. The number of aldehydes is 1. The largest absolute Gasteiger partial charge is 0.484 e. The molecule has 2 rings (SSSR count). The van der Waals surface area contributed by atoms with Gasteiger partial charge in [-0.2, -0.15) is 5.26 Å². The van der Waals surface area contributed by atoms with Crippen LogP contribution in [0, 0.1) is 11.3 Å². The Hall–Kier alpha value is -3.13. The van der Waals surface area contributed by atoms with Crippen LogP contribution in [-0.4, -0.2) is 18.8 Å². The lowest BCUT2D eigenvalue weighted by atomic mass is 10.1. The number of anilines is 1. The zero-order chi connectivity index (χ0) is 15.8. The Morgan fingerprint density at radius 1 is 1.14 bits per heavy atom. The summed E-state index contributed by atoms with van der Waals surface area (Å²) in [5, 5.41) is 11.3. The molecule has 1 amide bonds. The molecule has 22 heavy (non-hydrogen) atoms. The van der Waals surface area contributed by atoms with Crippen molar-refractivity contribution >= 4 is 17.9 Å². The summed E-state index contributed by atoms with van der Waals surface area (Å²) in [5.74, 6) is 0.234. The highest BCUT2D eigenvalue weighted by Gasteiger charge is 2.04. The topological polar surface area (TPSA) is 79.2 Å². The second kappa shape index (κ2) is 7.60. The van der Waals surface area contributed by atoms with E-state index in [1.54, 1.807) is 48.5 Å². The average Bonchev–Trinajstić information content (AvgIpc) is 2.55. The van der Waals surface area contributed by atoms with E-state index >= 15 is 0 Å². The van der Waals surface area contributed by atoms with Gasteiger partial charge in [-0.15, -0.1) is 0 Å². The summed E-state index contributed by atoms with van der Waals surface area (Å²) in [6, 6.07) is 15.6. The third kappa shape index (κ3) is 4.46. The summed E-state index contributed by atoms with van der Waals surface area (Å²) in [6.07, 6.45) is 1.08. The fraction of sp³-hybridized carbons (Fsp3) is 0.118. The molecule has 2 aromatic rings. The lowest BCUT2D eigenvalue weighted by Crippen LogP contribution is -2.20. The van der Waals surface area contributed by atoms with Crippen molar-refractivity contribution in [1.29, 1.82) is 5.26 Å². The maximum Gasteiger partial charge on any atom is 0.262 e. The van der Waals surface area contributed by atoms with Gasteiger partial charge in [0.1, 0.15) is 12.0 Å². The number of carbonyl (C=O) groups is 2. The number of nitriles is 1. The molecule has 0 bridgehead atoms. The molecule has 0 saturated carbocycles. The quantitative estimate of drug-likeness (QED) is 0.830. The van der Waals surface area contributed by atoms with Gasteiger partial charge in [0, 0.05) is 11.3 Å². The molecule has 0 radical (unpaired) electrons. The van der Waals surface area contributed by atoms with Crippen molar-refractivity contribution < 1.29 is 14.3 Å². The van der Waals surface area contributed by atoms with Gasteiger partial charge in [0.2, 0.25) is 0 Å². The van der Waals surface area contributed by atoms with E-state index in [-0.39, 0.29) is 12.5 Å². The van der Waals surface area contributed by atoms with Crippen LogP contribution in [0.4, 0.5) is 5.69 Å². The standard InChI is InChI=1S/C17H14N2O3/c18-10-9-13-1-5-15(6-2-13)19-17(21)12-22-16-7-3-14(11-20)4-8-16/h1-8,11H,9,12H2,(H,19,21). The summed E-state index contributed by atoms with van der Waals surface area (Å²) in [4.78, 5) is 22.3. The third-order valence-electron chi connectivity index (χ3n) is 2.91. The lowest BCUT2D eigenvalue weighted by Gasteiger charge is -2.08. The Morgan fingerprint density at radius 3 is 2.41 bits per heavy atom. The first-order valence-electron chi connectivity index (χ1n) is 6.65. The Balaban J connectivity index is 1.84. The molecule has 0 saturated heterocycles. The maximum absolute atomic E-state index is 11.8. The van der Waals surface area contributed by atoms with Crippen molar-refractivity contribution in [1.82, 2.24) is 0 Å². The van der Waals surface area contributed by atoms with Gasteiger partial charge in [0.15, 0.2) is 6.61 Å². The minimum Gasteiger partial charge on any atom is -0.484 e. The Labute approximate surface area is 128 Å². The number of hydrogen-bond acceptors (Lipinski definition) is 4. The SMILES string of the molecule is N#CCc1ccc(NC(=O)COc2ccc(C=O)cc2)cc1. The van der Waals surface area contributed by atoms with Gasteiger partial charge in [-0.25, -0.2) is 0 Å². The number of amides is 1. The van der Waals surface area contributed by atoms with Crippen LogP contribution in [0.5, 0.6) is 5.75 Å². The molecule has 2 aromatic carbocycles. The van der Waals surface area contributed by atoms with Gasteiger partial charge < -0.3 is 10.1 Å². The summed E-state index contributed by atoms with van der Waals surface area (Å²) in [5.41, 5.74) is 2.09. The number of rotatable bonds is 6. The molecule has 0 aliphatic rings. The van der Waals surface area contributed by atoms with E-state index in [0.29, 0.717) is 23.4 Å². The summed E-state index contributed by atoms with van der Waals surface area (Å²) in [7, 11) is 0. The van der Waals surface area contributed by atoms with Crippen LogP contribution in [0.1, 0.15) is 15.9 Å². The second-order valence-electron chi connectivity index (χ2n) is 4.56. The van der Waals surface area contributed by atoms with Crippen molar-refractivity contribution in [2.45, 2.75) is 6.42 Å². The van der Waals surface area contributed by atoms with Crippen LogP contribution in [0.2, 0.25) is 0 Å². The number of hydrogen-bond donors (Lipinski definition) is 1. The summed E-state index contributed by atoms with van der Waals surface area (Å²) >= 11 is 0. The molecule has 0 fully saturated rings. The molecule has 0 aliphatic heterocycles. The molecule has 0 unspecified atom stereocenters. The predicted molar refractivity (Wildman–Crippen MR) is 81.7 cm³/mol. The van der Waals surface area contributed by atoms with Gasteiger partial charge in [0.25, 0.3) is 5.91 Å². The molecule has 0 spiro atoms. The third-order valence-corrected chi connectivity index (χ3v) is 2.91. The van der Waals surface area contributed by atoms with Gasteiger partial charge >= 0.3 is 0 Å². The number of ether oxygens (including phenoxy) is 1. The number of carbonyl (C=O) groups excluding carboxylic acids is 2. The molecule has 0 aromatic heterocycles. The van der Waals surface area contributed by atoms with Crippen molar-refractivity contribution in [3.63, 3.8) is 0 Å². The first kappa shape index (κ1) is 15.3. The van der Waals surface area contributed by atoms with Crippen LogP contribution in [0.25, 0.3) is 0 Å². The van der Waals surface area contributed by atoms with E-state index < -0.39 is 0 Å². The Morgan fingerprint density at radius 2 is 1.82 bits per heavy atom. The Bertz CT molecular complexity index is 685. The fourth-order valence-electron chi connectivity index (χ4n) is 1.79. The molecule has 0 aliphatic carbocycles. The van der Waals surface area contributed by atoms with Gasteiger partial charge in [-0.3, -0.25) is 9.59 Å². The molecule has 5 heteroatoms. The molecule has 110 valence electrons. The number of nitrogens with one attached hydrogen (secondary N) is 1. The van der Waals surface area contributed by atoms with Crippen LogP contribution < -0.4 is 10.1 Å². The summed E-state index contributed by atoms with van der Waals surface area (Å²) in [6.45, 7) is -0.125. The molecular formula is C17H14N2O3. The van der Waals surface area contributed by atoms with Crippen molar-refractivity contribution in [2.24, 2.45) is 0 Å². The lowest BCUT2D eigenvalue weighted by molar-refractivity contribution is -0.118. The van der Waals surface area contributed by atoms with Crippen LogP contribution >= 0.6 is 0 Å².